The van der Waals surface area contributed by atoms with Gasteiger partial charge in [-0.15, -0.1) is 0 Å². The van der Waals surface area contributed by atoms with E-state index in [-0.39, 0.29) is 5.41 Å². The number of benzene rings is 9. The number of hydrogen-bond donors (Lipinski definition) is 0. The van der Waals surface area contributed by atoms with Gasteiger partial charge < -0.3 is 4.90 Å². The number of para-hydroxylation sites is 2. The summed E-state index contributed by atoms with van der Waals surface area (Å²) in [6.45, 7) is 4.78. The van der Waals surface area contributed by atoms with Crippen LogP contribution >= 0.6 is 0 Å². The van der Waals surface area contributed by atoms with Crippen LogP contribution in [0, 0.1) is 0 Å². The minimum atomic E-state index is -0.179. The van der Waals surface area contributed by atoms with Crippen LogP contribution in [-0.4, -0.2) is 0 Å². The normalized spacial score (nSPS) is 12.8. The van der Waals surface area contributed by atoms with Gasteiger partial charge in [-0.3, -0.25) is 0 Å². The van der Waals surface area contributed by atoms with Crippen LogP contribution in [0.4, 0.5) is 17.1 Å². The molecule has 1 aliphatic carbocycles. The minimum absolute atomic E-state index is 0.179. The first-order chi connectivity index (χ1) is 26.6. The standard InChI is InChI=1S/C53H39N/c1-53(2)50-34-40(31-32-46(50)49-33-38-30-29-37-19-9-10-23-42(37)48(38)35-51(49)53)54(39-20-7-4-8-21-39)52-28-16-15-27-47(52)45-26-14-13-25-44(45)43-24-12-11-22-41(43)36-17-5-3-6-18-36/h3-35H,1-2H3. The molecule has 1 aliphatic rings. The van der Waals surface area contributed by atoms with Gasteiger partial charge in [0.05, 0.1) is 5.69 Å². The molecule has 0 aromatic heterocycles. The third kappa shape index (κ3) is 5.16. The number of fused-ring (bicyclic) bond motifs is 6. The molecule has 0 radical (unpaired) electrons. The maximum atomic E-state index is 2.46. The van der Waals surface area contributed by atoms with Crippen LogP contribution in [0.1, 0.15) is 25.0 Å². The topological polar surface area (TPSA) is 3.24 Å². The van der Waals surface area contributed by atoms with Gasteiger partial charge in [-0.2, -0.15) is 0 Å². The zero-order valence-corrected chi connectivity index (χ0v) is 30.5. The van der Waals surface area contributed by atoms with E-state index in [0.29, 0.717) is 0 Å². The summed E-state index contributed by atoms with van der Waals surface area (Å²) in [6, 6.07) is 73.3. The van der Waals surface area contributed by atoms with Crippen molar-refractivity contribution in [3.05, 3.63) is 211 Å². The zero-order chi connectivity index (χ0) is 36.2. The van der Waals surface area contributed by atoms with Gasteiger partial charge in [-0.05, 0) is 114 Å². The lowest BCUT2D eigenvalue weighted by Crippen LogP contribution is -2.17. The molecule has 256 valence electrons. The Morgan fingerprint density at radius 3 is 1.65 bits per heavy atom. The van der Waals surface area contributed by atoms with Crippen molar-refractivity contribution in [1.29, 1.82) is 0 Å². The molecule has 0 spiro atoms. The largest absolute Gasteiger partial charge is 0.310 e. The quantitative estimate of drug-likeness (QED) is 0.157. The molecule has 0 fully saturated rings. The Balaban J connectivity index is 1.15. The van der Waals surface area contributed by atoms with E-state index in [2.05, 4.69) is 219 Å². The molecule has 1 nitrogen and oxygen atoms in total. The average Bonchev–Trinajstić information content (AvgIpc) is 3.45. The number of anilines is 3. The van der Waals surface area contributed by atoms with Crippen molar-refractivity contribution in [2.75, 3.05) is 4.90 Å². The molecule has 0 saturated heterocycles. The van der Waals surface area contributed by atoms with Crippen molar-refractivity contribution in [1.82, 2.24) is 0 Å². The monoisotopic (exact) mass is 689 g/mol. The summed E-state index contributed by atoms with van der Waals surface area (Å²) in [5.41, 5.74) is 15.9. The number of nitrogens with zero attached hydrogens (tertiary/aromatic N) is 1. The molecule has 0 bridgehead atoms. The second kappa shape index (κ2) is 12.8. The van der Waals surface area contributed by atoms with E-state index in [1.165, 1.54) is 77.2 Å². The molecular weight excluding hydrogens is 651 g/mol. The van der Waals surface area contributed by atoms with Gasteiger partial charge in [0.25, 0.3) is 0 Å². The molecule has 0 aliphatic heterocycles. The van der Waals surface area contributed by atoms with Crippen LogP contribution < -0.4 is 4.90 Å². The molecule has 0 atom stereocenters. The highest BCUT2D eigenvalue weighted by molar-refractivity contribution is 6.10. The maximum Gasteiger partial charge on any atom is 0.0540 e. The maximum absolute atomic E-state index is 2.46. The Bertz CT molecular complexity index is 2850. The lowest BCUT2D eigenvalue weighted by molar-refractivity contribution is 0.661. The molecule has 0 N–H and O–H groups in total. The Morgan fingerprint density at radius 2 is 0.889 bits per heavy atom. The van der Waals surface area contributed by atoms with E-state index < -0.39 is 0 Å². The number of hydrogen-bond acceptors (Lipinski definition) is 1. The Labute approximate surface area is 317 Å². The molecule has 54 heavy (non-hydrogen) atoms. The van der Waals surface area contributed by atoms with E-state index in [1.54, 1.807) is 0 Å². The summed E-state index contributed by atoms with van der Waals surface area (Å²) in [6.07, 6.45) is 0. The second-order valence-corrected chi connectivity index (χ2v) is 14.9. The van der Waals surface area contributed by atoms with Crippen LogP contribution in [0.5, 0.6) is 0 Å². The molecular formula is C53H39N. The molecule has 0 saturated carbocycles. The lowest BCUT2D eigenvalue weighted by atomic mass is 9.81. The Kier molecular flexibility index (Phi) is 7.56. The fourth-order valence-corrected chi connectivity index (χ4v) is 8.80. The molecule has 0 heterocycles. The highest BCUT2D eigenvalue weighted by Crippen LogP contribution is 2.53. The summed E-state index contributed by atoms with van der Waals surface area (Å²) in [4.78, 5) is 2.44. The smallest absolute Gasteiger partial charge is 0.0540 e. The van der Waals surface area contributed by atoms with Gasteiger partial charge in [0, 0.05) is 22.4 Å². The van der Waals surface area contributed by atoms with Crippen LogP contribution in [0.2, 0.25) is 0 Å². The summed E-state index contributed by atoms with van der Waals surface area (Å²) < 4.78 is 0. The Hall–Kier alpha value is -6.70. The first-order valence-corrected chi connectivity index (χ1v) is 18.9. The SMILES string of the molecule is CC1(C)c2cc(N(c3ccccc3)c3ccccc3-c3ccccc3-c3ccccc3-c3ccccc3)ccc2-c2cc3ccc4ccccc4c3cc21. The molecule has 10 rings (SSSR count). The Morgan fingerprint density at radius 1 is 0.333 bits per heavy atom. The van der Waals surface area contributed by atoms with E-state index in [0.717, 1.165) is 17.1 Å². The van der Waals surface area contributed by atoms with E-state index in [4.69, 9.17) is 0 Å². The van der Waals surface area contributed by atoms with Crippen LogP contribution in [0.25, 0.3) is 66.1 Å². The van der Waals surface area contributed by atoms with Crippen molar-refractivity contribution < 1.29 is 0 Å². The summed E-state index contributed by atoms with van der Waals surface area (Å²) in [7, 11) is 0. The van der Waals surface area contributed by atoms with Gasteiger partial charge in [-0.25, -0.2) is 0 Å². The third-order valence-electron chi connectivity index (χ3n) is 11.5. The van der Waals surface area contributed by atoms with E-state index in [1.807, 2.05) is 0 Å². The molecule has 0 unspecified atom stereocenters. The van der Waals surface area contributed by atoms with Crippen LogP contribution in [0.3, 0.4) is 0 Å². The molecule has 0 amide bonds. The molecule has 9 aromatic carbocycles. The summed E-state index contributed by atoms with van der Waals surface area (Å²) in [5.74, 6) is 0. The minimum Gasteiger partial charge on any atom is -0.310 e. The van der Waals surface area contributed by atoms with E-state index >= 15 is 0 Å². The second-order valence-electron chi connectivity index (χ2n) is 14.9. The van der Waals surface area contributed by atoms with Gasteiger partial charge in [-0.1, -0.05) is 172 Å². The highest BCUT2D eigenvalue weighted by atomic mass is 15.1. The first kappa shape index (κ1) is 32.0. The predicted molar refractivity (Wildman–Crippen MR) is 230 cm³/mol. The zero-order valence-electron chi connectivity index (χ0n) is 30.5. The molecule has 9 aromatic rings. The van der Waals surface area contributed by atoms with Gasteiger partial charge >= 0.3 is 0 Å². The fraction of sp³-hybridized carbons (Fsp3) is 0.0566. The van der Waals surface area contributed by atoms with Crippen molar-refractivity contribution >= 4 is 38.6 Å². The fourth-order valence-electron chi connectivity index (χ4n) is 8.80. The van der Waals surface area contributed by atoms with Gasteiger partial charge in [0.2, 0.25) is 0 Å². The molecule has 1 heteroatoms. The van der Waals surface area contributed by atoms with Crippen LogP contribution in [0.15, 0.2) is 200 Å². The predicted octanol–water partition coefficient (Wildman–Crippen LogP) is 14.8. The van der Waals surface area contributed by atoms with Crippen molar-refractivity contribution in [3.8, 4) is 44.5 Å². The van der Waals surface area contributed by atoms with Crippen molar-refractivity contribution in [2.24, 2.45) is 0 Å². The van der Waals surface area contributed by atoms with Gasteiger partial charge in [0.1, 0.15) is 0 Å². The summed E-state index contributed by atoms with van der Waals surface area (Å²) >= 11 is 0. The van der Waals surface area contributed by atoms with Crippen molar-refractivity contribution in [3.63, 3.8) is 0 Å². The highest BCUT2D eigenvalue weighted by Gasteiger charge is 2.36. The average molecular weight is 690 g/mol. The van der Waals surface area contributed by atoms with E-state index in [9.17, 15) is 0 Å². The van der Waals surface area contributed by atoms with Gasteiger partial charge in [0.15, 0.2) is 0 Å². The van der Waals surface area contributed by atoms with Crippen LogP contribution in [-0.2, 0) is 5.41 Å². The third-order valence-corrected chi connectivity index (χ3v) is 11.5. The van der Waals surface area contributed by atoms with Crippen molar-refractivity contribution in [2.45, 2.75) is 19.3 Å². The number of rotatable bonds is 6. The lowest BCUT2D eigenvalue weighted by Gasteiger charge is -2.30. The summed E-state index contributed by atoms with van der Waals surface area (Å²) in [5, 5.41) is 5.19. The first-order valence-electron chi connectivity index (χ1n) is 18.9.